The molecule has 2 heterocycles. The molecule has 0 spiro atoms. The standard InChI is InChI=1S/C11H21N3O/c1-9-11(15)14(6-3-5-12-9)10-4-7-13(2)8-10/h9-10,12H,3-8H2,1-2H3. The maximum Gasteiger partial charge on any atom is 0.239 e. The fourth-order valence-corrected chi connectivity index (χ4v) is 2.54. The zero-order valence-corrected chi connectivity index (χ0v) is 9.70. The third-order valence-electron chi connectivity index (χ3n) is 3.49. The molecule has 15 heavy (non-hydrogen) atoms. The van der Waals surface area contributed by atoms with Gasteiger partial charge in [0.25, 0.3) is 0 Å². The van der Waals surface area contributed by atoms with Gasteiger partial charge in [0.15, 0.2) is 0 Å². The van der Waals surface area contributed by atoms with E-state index in [1.165, 1.54) is 0 Å². The average Bonchev–Trinajstić information content (AvgIpc) is 2.56. The molecule has 0 aromatic carbocycles. The first-order valence-corrected chi connectivity index (χ1v) is 5.91. The lowest BCUT2D eigenvalue weighted by Crippen LogP contribution is -2.47. The molecule has 2 aliphatic heterocycles. The lowest BCUT2D eigenvalue weighted by molar-refractivity contribution is -0.134. The normalized spacial score (nSPS) is 34.5. The van der Waals surface area contributed by atoms with Crippen molar-refractivity contribution in [1.29, 1.82) is 0 Å². The predicted molar refractivity (Wildman–Crippen MR) is 59.7 cm³/mol. The Morgan fingerprint density at radius 2 is 2.20 bits per heavy atom. The van der Waals surface area contributed by atoms with Crippen LogP contribution in [0.15, 0.2) is 0 Å². The number of amides is 1. The highest BCUT2D eigenvalue weighted by molar-refractivity contribution is 5.82. The number of nitrogens with one attached hydrogen (secondary N) is 1. The number of carbonyl (C=O) groups is 1. The minimum Gasteiger partial charge on any atom is -0.337 e. The number of rotatable bonds is 1. The molecule has 1 amide bonds. The van der Waals surface area contributed by atoms with Crippen LogP contribution < -0.4 is 5.32 Å². The molecule has 4 heteroatoms. The summed E-state index contributed by atoms with van der Waals surface area (Å²) in [7, 11) is 2.13. The molecule has 4 nitrogen and oxygen atoms in total. The summed E-state index contributed by atoms with van der Waals surface area (Å²) in [5.41, 5.74) is 0. The molecule has 2 unspecified atom stereocenters. The molecule has 2 aliphatic rings. The van der Waals surface area contributed by atoms with E-state index in [0.717, 1.165) is 39.0 Å². The second-order valence-electron chi connectivity index (χ2n) is 4.77. The zero-order chi connectivity index (χ0) is 10.8. The van der Waals surface area contributed by atoms with E-state index < -0.39 is 0 Å². The quantitative estimate of drug-likeness (QED) is 0.658. The van der Waals surface area contributed by atoms with Gasteiger partial charge < -0.3 is 15.1 Å². The van der Waals surface area contributed by atoms with Gasteiger partial charge in [0.05, 0.1) is 6.04 Å². The van der Waals surface area contributed by atoms with Gasteiger partial charge in [-0.2, -0.15) is 0 Å². The Morgan fingerprint density at radius 1 is 1.40 bits per heavy atom. The highest BCUT2D eigenvalue weighted by Crippen LogP contribution is 2.16. The Balaban J connectivity index is 2.02. The number of carbonyl (C=O) groups excluding carboxylic acids is 1. The molecule has 0 aromatic rings. The molecule has 2 saturated heterocycles. The van der Waals surface area contributed by atoms with Crippen molar-refractivity contribution in [1.82, 2.24) is 15.1 Å². The van der Waals surface area contributed by atoms with E-state index in [9.17, 15) is 4.79 Å². The molecule has 1 N–H and O–H groups in total. The summed E-state index contributed by atoms with van der Waals surface area (Å²) < 4.78 is 0. The van der Waals surface area contributed by atoms with Crippen molar-refractivity contribution in [3.8, 4) is 0 Å². The van der Waals surface area contributed by atoms with Gasteiger partial charge in [-0.1, -0.05) is 0 Å². The number of hydrogen-bond acceptors (Lipinski definition) is 3. The zero-order valence-electron chi connectivity index (χ0n) is 9.70. The van der Waals surface area contributed by atoms with Crippen molar-refractivity contribution < 1.29 is 4.79 Å². The summed E-state index contributed by atoms with van der Waals surface area (Å²) in [6.45, 7) is 6.02. The van der Waals surface area contributed by atoms with Gasteiger partial charge in [-0.05, 0) is 39.9 Å². The number of likely N-dealkylation sites (tertiary alicyclic amines) is 1. The van der Waals surface area contributed by atoms with Crippen LogP contribution in [0.4, 0.5) is 0 Å². The van der Waals surface area contributed by atoms with Crippen LogP contribution in [0.25, 0.3) is 0 Å². The second-order valence-corrected chi connectivity index (χ2v) is 4.77. The number of nitrogens with zero attached hydrogens (tertiary/aromatic N) is 2. The van der Waals surface area contributed by atoms with Crippen molar-refractivity contribution in [2.75, 3.05) is 33.2 Å². The monoisotopic (exact) mass is 211 g/mol. The first-order valence-electron chi connectivity index (χ1n) is 5.91. The van der Waals surface area contributed by atoms with Gasteiger partial charge in [-0.15, -0.1) is 0 Å². The number of hydrogen-bond donors (Lipinski definition) is 1. The minimum atomic E-state index is -0.00148. The minimum absolute atomic E-state index is 0.00148. The van der Waals surface area contributed by atoms with E-state index in [2.05, 4.69) is 22.2 Å². The molecular formula is C11H21N3O. The molecule has 0 aliphatic carbocycles. The molecule has 0 aromatic heterocycles. The van der Waals surface area contributed by atoms with Crippen LogP contribution >= 0.6 is 0 Å². The summed E-state index contributed by atoms with van der Waals surface area (Å²) in [4.78, 5) is 16.5. The van der Waals surface area contributed by atoms with Crippen LogP contribution in [0.2, 0.25) is 0 Å². The van der Waals surface area contributed by atoms with Gasteiger partial charge >= 0.3 is 0 Å². The lowest BCUT2D eigenvalue weighted by atomic mass is 10.2. The fraction of sp³-hybridized carbons (Fsp3) is 0.909. The van der Waals surface area contributed by atoms with Crippen LogP contribution in [0.3, 0.4) is 0 Å². The molecule has 0 radical (unpaired) electrons. The third kappa shape index (κ3) is 2.32. The maximum absolute atomic E-state index is 12.1. The van der Waals surface area contributed by atoms with Crippen molar-refractivity contribution in [3.05, 3.63) is 0 Å². The topological polar surface area (TPSA) is 35.6 Å². The Hall–Kier alpha value is -0.610. The summed E-state index contributed by atoms with van der Waals surface area (Å²) in [6.07, 6.45) is 2.21. The van der Waals surface area contributed by atoms with E-state index in [-0.39, 0.29) is 11.9 Å². The molecule has 2 rings (SSSR count). The summed E-state index contributed by atoms with van der Waals surface area (Å²) in [5, 5.41) is 3.25. The van der Waals surface area contributed by atoms with E-state index in [1.54, 1.807) is 0 Å². The Labute approximate surface area is 91.6 Å². The van der Waals surface area contributed by atoms with E-state index in [4.69, 9.17) is 0 Å². The molecule has 86 valence electrons. The summed E-state index contributed by atoms with van der Waals surface area (Å²) in [6, 6.07) is 0.447. The van der Waals surface area contributed by atoms with Crippen molar-refractivity contribution in [3.63, 3.8) is 0 Å². The number of likely N-dealkylation sites (N-methyl/N-ethyl adjacent to an activating group) is 1. The Bertz CT molecular complexity index is 244. The van der Waals surface area contributed by atoms with Crippen molar-refractivity contribution in [2.45, 2.75) is 31.8 Å². The summed E-state index contributed by atoms with van der Waals surface area (Å²) >= 11 is 0. The lowest BCUT2D eigenvalue weighted by Gasteiger charge is -2.29. The fourth-order valence-electron chi connectivity index (χ4n) is 2.54. The van der Waals surface area contributed by atoms with Gasteiger partial charge in [0.2, 0.25) is 5.91 Å². The van der Waals surface area contributed by atoms with Gasteiger partial charge in [0.1, 0.15) is 0 Å². The smallest absolute Gasteiger partial charge is 0.239 e. The van der Waals surface area contributed by atoms with Crippen LogP contribution in [-0.2, 0) is 4.79 Å². The summed E-state index contributed by atoms with van der Waals surface area (Å²) in [5.74, 6) is 0.285. The van der Waals surface area contributed by atoms with Crippen LogP contribution in [0.1, 0.15) is 19.8 Å². The second kappa shape index (κ2) is 4.49. The van der Waals surface area contributed by atoms with Crippen LogP contribution in [-0.4, -0.2) is 61.0 Å². The highest BCUT2D eigenvalue weighted by atomic mass is 16.2. The van der Waals surface area contributed by atoms with Crippen LogP contribution in [0, 0.1) is 0 Å². The largest absolute Gasteiger partial charge is 0.337 e. The SMILES string of the molecule is CC1NCCCN(C2CCN(C)C2)C1=O. The van der Waals surface area contributed by atoms with Gasteiger partial charge in [-0.3, -0.25) is 4.79 Å². The predicted octanol–water partition coefficient (Wildman–Crippen LogP) is -0.0991. The van der Waals surface area contributed by atoms with E-state index in [1.807, 2.05) is 6.92 Å². The van der Waals surface area contributed by atoms with Gasteiger partial charge in [-0.25, -0.2) is 0 Å². The van der Waals surface area contributed by atoms with Gasteiger partial charge in [0, 0.05) is 19.1 Å². The molecular weight excluding hydrogens is 190 g/mol. The van der Waals surface area contributed by atoms with Crippen molar-refractivity contribution >= 4 is 5.91 Å². The highest BCUT2D eigenvalue weighted by Gasteiger charge is 2.32. The molecule has 0 bridgehead atoms. The van der Waals surface area contributed by atoms with Crippen molar-refractivity contribution in [2.24, 2.45) is 0 Å². The first-order chi connectivity index (χ1) is 7.18. The third-order valence-corrected chi connectivity index (χ3v) is 3.49. The average molecular weight is 211 g/mol. The molecule has 2 atom stereocenters. The maximum atomic E-state index is 12.1. The van der Waals surface area contributed by atoms with Crippen LogP contribution in [0.5, 0.6) is 0 Å². The molecule has 2 fully saturated rings. The van der Waals surface area contributed by atoms with E-state index >= 15 is 0 Å². The Morgan fingerprint density at radius 3 is 2.87 bits per heavy atom. The Kier molecular flexibility index (Phi) is 3.26. The molecule has 0 saturated carbocycles. The van der Waals surface area contributed by atoms with E-state index in [0.29, 0.717) is 6.04 Å². The first kappa shape index (κ1) is 10.9.